The van der Waals surface area contributed by atoms with Crippen molar-refractivity contribution < 1.29 is 9.53 Å². The fourth-order valence-corrected chi connectivity index (χ4v) is 3.44. The SMILES string of the molecule is CCCCCn1c(=O)n(-c2cccc(CNC(=O)OCCC)c2)c(=O)c2[nH]c(Cl)nc21. The van der Waals surface area contributed by atoms with Crippen molar-refractivity contribution in [3.05, 3.63) is 56.0 Å². The Kier molecular flexibility index (Phi) is 7.51. The summed E-state index contributed by atoms with van der Waals surface area (Å²) in [7, 11) is 0. The predicted molar refractivity (Wildman–Crippen MR) is 119 cm³/mol. The molecule has 2 N–H and O–H groups in total. The van der Waals surface area contributed by atoms with E-state index in [2.05, 4.69) is 22.2 Å². The molecule has 9 nitrogen and oxygen atoms in total. The van der Waals surface area contributed by atoms with Crippen LogP contribution >= 0.6 is 11.6 Å². The second kappa shape index (κ2) is 10.3. The number of halogens is 1. The van der Waals surface area contributed by atoms with Crippen LogP contribution in [0.2, 0.25) is 5.28 Å². The normalized spacial score (nSPS) is 11.1. The molecule has 1 aromatic carbocycles. The zero-order valence-corrected chi connectivity index (χ0v) is 18.4. The highest BCUT2D eigenvalue weighted by Crippen LogP contribution is 2.13. The summed E-state index contributed by atoms with van der Waals surface area (Å²) in [5.41, 5.74) is 0.532. The smallest absolute Gasteiger partial charge is 0.407 e. The van der Waals surface area contributed by atoms with Crippen molar-refractivity contribution in [2.45, 2.75) is 52.6 Å². The molecule has 3 aromatic rings. The second-order valence-electron chi connectivity index (χ2n) is 7.17. The average molecular weight is 448 g/mol. The number of nitrogens with zero attached hydrogens (tertiary/aromatic N) is 3. The topological polar surface area (TPSA) is 111 Å². The number of hydrogen-bond acceptors (Lipinski definition) is 5. The lowest BCUT2D eigenvalue weighted by Crippen LogP contribution is -2.39. The summed E-state index contributed by atoms with van der Waals surface area (Å²) < 4.78 is 7.57. The minimum atomic E-state index is -0.529. The first kappa shape index (κ1) is 22.6. The summed E-state index contributed by atoms with van der Waals surface area (Å²) >= 11 is 5.99. The molecular formula is C21H26ClN5O4. The van der Waals surface area contributed by atoms with Crippen LogP contribution in [0.5, 0.6) is 0 Å². The first-order valence-corrected chi connectivity index (χ1v) is 10.7. The second-order valence-corrected chi connectivity index (χ2v) is 7.53. The number of ether oxygens (including phenoxy) is 1. The van der Waals surface area contributed by atoms with Gasteiger partial charge in [0, 0.05) is 13.1 Å². The number of aryl methyl sites for hydroxylation is 1. The number of fused-ring (bicyclic) bond motifs is 1. The molecule has 0 spiro atoms. The summed E-state index contributed by atoms with van der Waals surface area (Å²) in [6, 6.07) is 6.87. The van der Waals surface area contributed by atoms with E-state index >= 15 is 0 Å². The van der Waals surface area contributed by atoms with E-state index in [0.29, 0.717) is 18.8 Å². The predicted octanol–water partition coefficient (Wildman–Crippen LogP) is 3.36. The van der Waals surface area contributed by atoms with Crippen LogP contribution in [0.3, 0.4) is 0 Å². The van der Waals surface area contributed by atoms with Gasteiger partial charge in [0.15, 0.2) is 11.2 Å². The molecule has 0 aliphatic rings. The summed E-state index contributed by atoms with van der Waals surface area (Å²) in [4.78, 5) is 44.9. The van der Waals surface area contributed by atoms with E-state index in [-0.39, 0.29) is 23.0 Å². The summed E-state index contributed by atoms with van der Waals surface area (Å²) in [6.45, 7) is 4.95. The van der Waals surface area contributed by atoms with Gasteiger partial charge in [0.05, 0.1) is 12.3 Å². The van der Waals surface area contributed by atoms with Gasteiger partial charge in [-0.15, -0.1) is 0 Å². The minimum absolute atomic E-state index is 0.0528. The molecule has 0 aliphatic carbocycles. The lowest BCUT2D eigenvalue weighted by Gasteiger charge is -2.12. The highest BCUT2D eigenvalue weighted by molar-refractivity contribution is 6.29. The Morgan fingerprint density at radius 1 is 1.23 bits per heavy atom. The Bertz CT molecular complexity index is 1180. The molecule has 10 heteroatoms. The molecular weight excluding hydrogens is 422 g/mol. The Morgan fingerprint density at radius 2 is 2.03 bits per heavy atom. The van der Waals surface area contributed by atoms with Crippen molar-refractivity contribution >= 4 is 28.9 Å². The van der Waals surface area contributed by atoms with Gasteiger partial charge in [-0.05, 0) is 42.1 Å². The first-order valence-electron chi connectivity index (χ1n) is 10.4. The highest BCUT2D eigenvalue weighted by Gasteiger charge is 2.18. The lowest BCUT2D eigenvalue weighted by molar-refractivity contribution is 0.146. The molecule has 0 unspecified atom stereocenters. The van der Waals surface area contributed by atoms with Gasteiger partial charge in [-0.1, -0.05) is 38.8 Å². The van der Waals surface area contributed by atoms with Crippen molar-refractivity contribution in [3.63, 3.8) is 0 Å². The van der Waals surface area contributed by atoms with Crippen LogP contribution in [0.4, 0.5) is 4.79 Å². The Hall–Kier alpha value is -3.07. The van der Waals surface area contributed by atoms with E-state index in [9.17, 15) is 14.4 Å². The number of rotatable bonds is 9. The molecule has 2 heterocycles. The molecule has 0 atom stereocenters. The number of benzene rings is 1. The van der Waals surface area contributed by atoms with Crippen LogP contribution in [0.15, 0.2) is 33.9 Å². The molecule has 0 saturated heterocycles. The van der Waals surface area contributed by atoms with Gasteiger partial charge in [-0.3, -0.25) is 9.36 Å². The number of aromatic amines is 1. The number of carbonyl (C=O) groups is 1. The molecule has 166 valence electrons. The number of carbonyl (C=O) groups excluding carboxylic acids is 1. The zero-order valence-electron chi connectivity index (χ0n) is 17.6. The third-order valence-electron chi connectivity index (χ3n) is 4.78. The molecule has 0 fully saturated rings. The fraction of sp³-hybridized carbons (Fsp3) is 0.429. The molecule has 0 saturated carbocycles. The Morgan fingerprint density at radius 3 is 2.77 bits per heavy atom. The van der Waals surface area contributed by atoms with Gasteiger partial charge < -0.3 is 15.0 Å². The first-order chi connectivity index (χ1) is 15.0. The third kappa shape index (κ3) is 5.16. The van der Waals surface area contributed by atoms with Crippen molar-refractivity contribution in [1.29, 1.82) is 0 Å². The number of alkyl carbamates (subject to hydrolysis) is 1. The summed E-state index contributed by atoms with van der Waals surface area (Å²) in [5, 5.41) is 2.71. The largest absolute Gasteiger partial charge is 0.450 e. The fourth-order valence-electron chi connectivity index (χ4n) is 3.26. The van der Waals surface area contributed by atoms with Gasteiger partial charge in [0.25, 0.3) is 5.56 Å². The molecule has 2 aromatic heterocycles. The lowest BCUT2D eigenvalue weighted by atomic mass is 10.2. The van der Waals surface area contributed by atoms with E-state index in [1.54, 1.807) is 24.3 Å². The quantitative estimate of drug-likeness (QED) is 0.386. The number of H-pyrrole nitrogens is 1. The molecule has 1 amide bonds. The van der Waals surface area contributed by atoms with E-state index in [1.165, 1.54) is 4.57 Å². The molecule has 31 heavy (non-hydrogen) atoms. The Labute approximate surface area is 184 Å². The van der Waals surface area contributed by atoms with E-state index in [0.717, 1.165) is 35.8 Å². The van der Waals surface area contributed by atoms with Gasteiger partial charge in [-0.25, -0.2) is 14.2 Å². The third-order valence-corrected chi connectivity index (χ3v) is 4.96. The van der Waals surface area contributed by atoms with Crippen LogP contribution in [0, 0.1) is 0 Å². The zero-order chi connectivity index (χ0) is 22.4. The van der Waals surface area contributed by atoms with Crippen molar-refractivity contribution in [2.24, 2.45) is 0 Å². The van der Waals surface area contributed by atoms with Crippen LogP contribution in [0.1, 0.15) is 45.1 Å². The van der Waals surface area contributed by atoms with Gasteiger partial charge >= 0.3 is 11.8 Å². The van der Waals surface area contributed by atoms with Crippen LogP contribution in [-0.4, -0.2) is 31.8 Å². The number of amides is 1. The number of hydrogen-bond donors (Lipinski definition) is 2. The van der Waals surface area contributed by atoms with Crippen molar-refractivity contribution in [1.82, 2.24) is 24.4 Å². The van der Waals surface area contributed by atoms with Crippen LogP contribution in [0.25, 0.3) is 16.9 Å². The van der Waals surface area contributed by atoms with E-state index < -0.39 is 17.3 Å². The van der Waals surface area contributed by atoms with E-state index in [1.807, 2.05) is 6.92 Å². The number of imidazole rings is 1. The molecule has 0 bridgehead atoms. The molecule has 0 radical (unpaired) electrons. The standard InChI is InChI=1S/C21H26ClN5O4/c1-3-5-6-10-26-17-16(24-19(22)25-17)18(28)27(21(26)30)15-9-7-8-14(12-15)13-23-20(29)31-11-4-2/h7-9,12H,3-6,10-11,13H2,1-2H3,(H,23,29)(H,24,25). The highest BCUT2D eigenvalue weighted by atomic mass is 35.5. The maximum absolute atomic E-state index is 13.2. The number of aromatic nitrogens is 4. The average Bonchev–Trinajstić information content (AvgIpc) is 3.15. The molecule has 0 aliphatic heterocycles. The van der Waals surface area contributed by atoms with Gasteiger partial charge in [0.1, 0.15) is 0 Å². The minimum Gasteiger partial charge on any atom is -0.450 e. The van der Waals surface area contributed by atoms with Gasteiger partial charge in [-0.2, -0.15) is 4.98 Å². The van der Waals surface area contributed by atoms with Crippen molar-refractivity contribution in [3.8, 4) is 5.69 Å². The maximum Gasteiger partial charge on any atom is 0.407 e. The summed E-state index contributed by atoms with van der Waals surface area (Å²) in [6.07, 6.45) is 2.93. The maximum atomic E-state index is 13.2. The van der Waals surface area contributed by atoms with E-state index in [4.69, 9.17) is 16.3 Å². The molecule has 3 rings (SSSR count). The Balaban J connectivity index is 1.99. The van der Waals surface area contributed by atoms with Crippen LogP contribution < -0.4 is 16.6 Å². The van der Waals surface area contributed by atoms with Gasteiger partial charge in [0.2, 0.25) is 5.28 Å². The number of unbranched alkanes of at least 4 members (excludes halogenated alkanes) is 2. The monoisotopic (exact) mass is 447 g/mol. The summed E-state index contributed by atoms with van der Waals surface area (Å²) in [5.74, 6) is 0. The number of nitrogens with one attached hydrogen (secondary N) is 2. The van der Waals surface area contributed by atoms with Crippen LogP contribution in [-0.2, 0) is 17.8 Å². The van der Waals surface area contributed by atoms with Crippen molar-refractivity contribution in [2.75, 3.05) is 6.61 Å².